The van der Waals surface area contributed by atoms with Gasteiger partial charge in [-0.15, -0.1) is 0 Å². The molecule has 80 valence electrons. The fraction of sp³-hybridized carbons (Fsp3) is 1.00. The number of likely N-dealkylation sites (N-methyl/N-ethyl adjacent to an activating group) is 1. The highest BCUT2D eigenvalue weighted by Crippen LogP contribution is 2.14. The van der Waals surface area contributed by atoms with E-state index in [0.29, 0.717) is 0 Å². The summed E-state index contributed by atoms with van der Waals surface area (Å²) in [4.78, 5) is 0. The Hall–Kier alpha value is 0.270. The van der Waals surface area contributed by atoms with Gasteiger partial charge in [-0.1, -0.05) is 19.8 Å². The molecular weight excluding hydrogens is 182 g/mol. The molecule has 0 rings (SSSR count). The molecule has 0 aliphatic heterocycles. The Bertz CT molecular complexity index is 115. The summed E-state index contributed by atoms with van der Waals surface area (Å²) in [6.45, 7) is 4.49. The number of nitrogens with one attached hydrogen (secondary N) is 1. The molecule has 0 aromatic rings. The van der Waals surface area contributed by atoms with Crippen LogP contribution < -0.4 is 5.32 Å². The summed E-state index contributed by atoms with van der Waals surface area (Å²) in [5.74, 6) is 2.20. The lowest BCUT2D eigenvalue weighted by molar-refractivity contribution is 0.200. The summed E-state index contributed by atoms with van der Waals surface area (Å²) in [7, 11) is 1.91. The zero-order valence-electron chi connectivity index (χ0n) is 9.10. The van der Waals surface area contributed by atoms with Crippen molar-refractivity contribution in [1.29, 1.82) is 0 Å². The van der Waals surface area contributed by atoms with Crippen molar-refractivity contribution in [2.75, 3.05) is 25.2 Å². The van der Waals surface area contributed by atoms with E-state index in [0.717, 1.165) is 5.75 Å². The molecule has 2 nitrogen and oxygen atoms in total. The Morgan fingerprint density at radius 2 is 2.08 bits per heavy atom. The van der Waals surface area contributed by atoms with E-state index < -0.39 is 0 Å². The monoisotopic (exact) mass is 205 g/mol. The van der Waals surface area contributed by atoms with Gasteiger partial charge >= 0.3 is 0 Å². The van der Waals surface area contributed by atoms with Gasteiger partial charge in [0.15, 0.2) is 0 Å². The van der Waals surface area contributed by atoms with E-state index in [4.69, 9.17) is 5.11 Å². The first kappa shape index (κ1) is 13.3. The van der Waals surface area contributed by atoms with Crippen LogP contribution >= 0.6 is 11.8 Å². The number of unbranched alkanes of at least 4 members (excludes halogenated alkanes) is 2. The van der Waals surface area contributed by atoms with Crippen LogP contribution in [0, 0.1) is 0 Å². The van der Waals surface area contributed by atoms with Crippen LogP contribution in [0.2, 0.25) is 0 Å². The summed E-state index contributed by atoms with van der Waals surface area (Å²) >= 11 is 1.93. The first-order valence-electron chi connectivity index (χ1n) is 5.06. The van der Waals surface area contributed by atoms with E-state index in [9.17, 15) is 0 Å². The van der Waals surface area contributed by atoms with Gasteiger partial charge in [-0.25, -0.2) is 0 Å². The van der Waals surface area contributed by atoms with Crippen molar-refractivity contribution in [2.45, 2.75) is 38.6 Å². The van der Waals surface area contributed by atoms with Crippen LogP contribution in [0.25, 0.3) is 0 Å². The number of hydrogen-bond acceptors (Lipinski definition) is 3. The summed E-state index contributed by atoms with van der Waals surface area (Å²) in [5.41, 5.74) is -0.100. The molecule has 0 aromatic carbocycles. The Morgan fingerprint density at radius 3 is 2.54 bits per heavy atom. The summed E-state index contributed by atoms with van der Waals surface area (Å²) in [5, 5.41) is 12.3. The normalized spacial score (nSPS) is 15.7. The second-order valence-corrected chi connectivity index (χ2v) is 4.83. The van der Waals surface area contributed by atoms with Gasteiger partial charge in [-0.2, -0.15) is 11.8 Å². The van der Waals surface area contributed by atoms with Crippen molar-refractivity contribution in [2.24, 2.45) is 0 Å². The Labute approximate surface area is 86.5 Å². The molecule has 0 bridgehead atoms. The van der Waals surface area contributed by atoms with E-state index in [-0.39, 0.29) is 12.1 Å². The average Bonchev–Trinajstić information content (AvgIpc) is 2.17. The highest BCUT2D eigenvalue weighted by Gasteiger charge is 2.19. The van der Waals surface area contributed by atoms with Gasteiger partial charge in [0.2, 0.25) is 0 Å². The SMILES string of the molecule is CCCCCSCC(C)(CO)NC. The maximum atomic E-state index is 9.11. The number of aliphatic hydroxyl groups is 1. The van der Waals surface area contributed by atoms with Crippen molar-refractivity contribution in [3.05, 3.63) is 0 Å². The Balaban J connectivity index is 3.39. The maximum absolute atomic E-state index is 9.11. The van der Waals surface area contributed by atoms with Crippen molar-refractivity contribution >= 4 is 11.8 Å². The second-order valence-electron chi connectivity index (χ2n) is 3.73. The molecule has 0 aromatic heterocycles. The van der Waals surface area contributed by atoms with Crippen LogP contribution in [-0.2, 0) is 0 Å². The van der Waals surface area contributed by atoms with Crippen LogP contribution in [0.1, 0.15) is 33.1 Å². The summed E-state index contributed by atoms with van der Waals surface area (Å²) in [6.07, 6.45) is 3.90. The fourth-order valence-corrected chi connectivity index (χ4v) is 2.19. The van der Waals surface area contributed by atoms with Crippen LogP contribution in [-0.4, -0.2) is 35.8 Å². The van der Waals surface area contributed by atoms with Crippen molar-refractivity contribution in [3.8, 4) is 0 Å². The average molecular weight is 205 g/mol. The molecule has 13 heavy (non-hydrogen) atoms. The highest BCUT2D eigenvalue weighted by molar-refractivity contribution is 7.99. The van der Waals surface area contributed by atoms with Crippen molar-refractivity contribution < 1.29 is 5.11 Å². The van der Waals surface area contributed by atoms with Crippen LogP contribution in [0.4, 0.5) is 0 Å². The number of rotatable bonds is 8. The maximum Gasteiger partial charge on any atom is 0.0618 e. The third kappa shape index (κ3) is 6.36. The lowest BCUT2D eigenvalue weighted by Gasteiger charge is -2.26. The zero-order valence-corrected chi connectivity index (χ0v) is 9.91. The minimum Gasteiger partial charge on any atom is -0.394 e. The van der Waals surface area contributed by atoms with Gasteiger partial charge in [0.05, 0.1) is 6.61 Å². The van der Waals surface area contributed by atoms with Gasteiger partial charge in [0.25, 0.3) is 0 Å². The van der Waals surface area contributed by atoms with Crippen LogP contribution in [0.5, 0.6) is 0 Å². The predicted octanol–water partition coefficient (Wildman–Crippen LogP) is 1.88. The summed E-state index contributed by atoms with van der Waals surface area (Å²) in [6, 6.07) is 0. The van der Waals surface area contributed by atoms with Gasteiger partial charge in [0, 0.05) is 11.3 Å². The minimum atomic E-state index is -0.100. The van der Waals surface area contributed by atoms with E-state index >= 15 is 0 Å². The van der Waals surface area contributed by atoms with Gasteiger partial charge in [0.1, 0.15) is 0 Å². The van der Waals surface area contributed by atoms with Gasteiger partial charge in [-0.3, -0.25) is 0 Å². The molecule has 0 radical (unpaired) electrons. The quantitative estimate of drug-likeness (QED) is 0.593. The Kier molecular flexibility index (Phi) is 7.81. The van der Waals surface area contributed by atoms with Crippen LogP contribution in [0.3, 0.4) is 0 Å². The van der Waals surface area contributed by atoms with E-state index in [1.165, 1.54) is 25.0 Å². The van der Waals surface area contributed by atoms with Crippen molar-refractivity contribution in [3.63, 3.8) is 0 Å². The molecule has 1 atom stereocenters. The lowest BCUT2D eigenvalue weighted by Crippen LogP contribution is -2.45. The van der Waals surface area contributed by atoms with Crippen molar-refractivity contribution in [1.82, 2.24) is 5.32 Å². The molecule has 0 heterocycles. The lowest BCUT2D eigenvalue weighted by atomic mass is 10.1. The molecule has 1 unspecified atom stereocenters. The molecular formula is C10H23NOS. The topological polar surface area (TPSA) is 32.3 Å². The molecule has 0 saturated heterocycles. The number of thioether (sulfide) groups is 1. The first-order valence-corrected chi connectivity index (χ1v) is 6.21. The second kappa shape index (κ2) is 7.65. The summed E-state index contributed by atoms with van der Waals surface area (Å²) < 4.78 is 0. The predicted molar refractivity (Wildman–Crippen MR) is 61.4 cm³/mol. The molecule has 0 saturated carbocycles. The molecule has 2 N–H and O–H groups in total. The van der Waals surface area contributed by atoms with E-state index in [1.54, 1.807) is 0 Å². The molecule has 0 amide bonds. The third-order valence-electron chi connectivity index (χ3n) is 2.27. The minimum absolute atomic E-state index is 0.100. The van der Waals surface area contributed by atoms with Crippen LogP contribution in [0.15, 0.2) is 0 Å². The first-order chi connectivity index (χ1) is 6.18. The molecule has 0 spiro atoms. The largest absolute Gasteiger partial charge is 0.394 e. The zero-order chi connectivity index (χ0) is 10.2. The molecule has 0 fully saturated rings. The Morgan fingerprint density at radius 1 is 1.38 bits per heavy atom. The molecule has 3 heteroatoms. The fourth-order valence-electron chi connectivity index (χ4n) is 0.948. The standard InChI is InChI=1S/C10H23NOS/c1-4-5-6-7-13-9-10(2,8-12)11-3/h11-12H,4-9H2,1-3H3. The number of aliphatic hydroxyl groups excluding tert-OH is 1. The van der Waals surface area contributed by atoms with Gasteiger partial charge in [-0.05, 0) is 26.1 Å². The highest BCUT2D eigenvalue weighted by atomic mass is 32.2. The third-order valence-corrected chi connectivity index (χ3v) is 3.68. The smallest absolute Gasteiger partial charge is 0.0618 e. The van der Waals surface area contributed by atoms with E-state index in [2.05, 4.69) is 19.2 Å². The molecule has 0 aliphatic rings. The van der Waals surface area contributed by atoms with Gasteiger partial charge < -0.3 is 10.4 Å². The molecule has 0 aliphatic carbocycles. The number of hydrogen-bond donors (Lipinski definition) is 2. The van der Waals surface area contributed by atoms with E-state index in [1.807, 2.05) is 18.8 Å².